The molecule has 4 heteroatoms. The Labute approximate surface area is 127 Å². The van der Waals surface area contributed by atoms with Gasteiger partial charge in [0.15, 0.2) is 0 Å². The first-order chi connectivity index (χ1) is 10.6. The molecule has 0 amide bonds. The van der Waals surface area contributed by atoms with Gasteiger partial charge in [-0.1, -0.05) is 36.4 Å². The first-order valence-electron chi connectivity index (χ1n) is 6.74. The Balaban J connectivity index is 1.88. The van der Waals surface area contributed by atoms with Crippen LogP contribution in [0.5, 0.6) is 5.75 Å². The SMILES string of the molecule is O=C(O)c1ccc(/C=C/c2ccc3cccc(O)c3n2)cc1. The van der Waals surface area contributed by atoms with Gasteiger partial charge in [0.05, 0.1) is 11.3 Å². The summed E-state index contributed by atoms with van der Waals surface area (Å²) in [5.41, 5.74) is 2.41. The number of phenolic OH excluding ortho intramolecular Hbond substituents is 1. The quantitative estimate of drug-likeness (QED) is 0.769. The number of para-hydroxylation sites is 1. The number of hydrogen-bond acceptors (Lipinski definition) is 3. The van der Waals surface area contributed by atoms with Crippen LogP contribution in [0.15, 0.2) is 54.6 Å². The number of hydrogen-bond donors (Lipinski definition) is 2. The molecule has 0 aliphatic rings. The third-order valence-corrected chi connectivity index (χ3v) is 3.32. The molecule has 2 aromatic carbocycles. The van der Waals surface area contributed by atoms with Gasteiger partial charge >= 0.3 is 5.97 Å². The lowest BCUT2D eigenvalue weighted by Gasteiger charge is -2.01. The van der Waals surface area contributed by atoms with Crippen molar-refractivity contribution in [1.82, 2.24) is 4.98 Å². The highest BCUT2D eigenvalue weighted by molar-refractivity contribution is 5.88. The smallest absolute Gasteiger partial charge is 0.335 e. The molecule has 0 saturated carbocycles. The number of fused-ring (bicyclic) bond motifs is 1. The summed E-state index contributed by atoms with van der Waals surface area (Å²) in [7, 11) is 0. The lowest BCUT2D eigenvalue weighted by Crippen LogP contribution is -1.94. The van der Waals surface area contributed by atoms with Gasteiger partial charge in [-0.2, -0.15) is 0 Å². The maximum Gasteiger partial charge on any atom is 0.335 e. The Hall–Kier alpha value is -3.14. The van der Waals surface area contributed by atoms with Gasteiger partial charge in [-0.25, -0.2) is 9.78 Å². The van der Waals surface area contributed by atoms with E-state index in [4.69, 9.17) is 5.11 Å². The summed E-state index contributed by atoms with van der Waals surface area (Å²) >= 11 is 0. The molecule has 4 nitrogen and oxygen atoms in total. The van der Waals surface area contributed by atoms with Crippen LogP contribution in [0.1, 0.15) is 21.6 Å². The van der Waals surface area contributed by atoms with Crippen molar-refractivity contribution < 1.29 is 15.0 Å². The van der Waals surface area contributed by atoms with Gasteiger partial charge in [0, 0.05) is 5.39 Å². The van der Waals surface area contributed by atoms with Gasteiger partial charge < -0.3 is 10.2 Å². The minimum Gasteiger partial charge on any atom is -0.506 e. The minimum absolute atomic E-state index is 0.151. The Morgan fingerprint density at radius 1 is 0.955 bits per heavy atom. The summed E-state index contributed by atoms with van der Waals surface area (Å²) < 4.78 is 0. The van der Waals surface area contributed by atoms with Gasteiger partial charge in [0.2, 0.25) is 0 Å². The highest BCUT2D eigenvalue weighted by atomic mass is 16.4. The zero-order valence-electron chi connectivity index (χ0n) is 11.6. The Kier molecular flexibility index (Phi) is 3.58. The third-order valence-electron chi connectivity index (χ3n) is 3.32. The molecular formula is C18H13NO3. The largest absolute Gasteiger partial charge is 0.506 e. The topological polar surface area (TPSA) is 70.4 Å². The molecule has 0 bridgehead atoms. The molecule has 0 aliphatic heterocycles. The maximum absolute atomic E-state index is 10.8. The summed E-state index contributed by atoms with van der Waals surface area (Å²) in [6.45, 7) is 0. The fraction of sp³-hybridized carbons (Fsp3) is 0. The molecule has 3 rings (SSSR count). The molecule has 22 heavy (non-hydrogen) atoms. The van der Waals surface area contributed by atoms with E-state index in [2.05, 4.69) is 4.98 Å². The van der Waals surface area contributed by atoms with Gasteiger partial charge in [-0.15, -0.1) is 0 Å². The Morgan fingerprint density at radius 2 is 1.73 bits per heavy atom. The zero-order valence-corrected chi connectivity index (χ0v) is 11.6. The standard InChI is InChI=1S/C18H13NO3/c20-16-3-1-2-13-9-11-15(19-17(13)16)10-6-12-4-7-14(8-5-12)18(21)22/h1-11,20H,(H,21,22)/b10-6+. The summed E-state index contributed by atoms with van der Waals surface area (Å²) in [5, 5.41) is 19.6. The molecule has 0 spiro atoms. The van der Waals surface area contributed by atoms with Crippen molar-refractivity contribution in [1.29, 1.82) is 0 Å². The van der Waals surface area contributed by atoms with Crippen LogP contribution >= 0.6 is 0 Å². The van der Waals surface area contributed by atoms with Crippen molar-refractivity contribution >= 4 is 29.0 Å². The first kappa shape index (κ1) is 13.8. The molecule has 0 radical (unpaired) electrons. The average molecular weight is 291 g/mol. The van der Waals surface area contributed by atoms with E-state index >= 15 is 0 Å². The van der Waals surface area contributed by atoms with Crippen molar-refractivity contribution in [2.24, 2.45) is 0 Å². The number of aromatic hydroxyl groups is 1. The minimum atomic E-state index is -0.942. The third kappa shape index (κ3) is 2.81. The second kappa shape index (κ2) is 5.69. The van der Waals surface area contributed by atoms with Crippen LogP contribution in [0.2, 0.25) is 0 Å². The van der Waals surface area contributed by atoms with E-state index in [1.165, 1.54) is 0 Å². The molecule has 0 fully saturated rings. The molecule has 0 aliphatic carbocycles. The number of nitrogens with zero attached hydrogens (tertiary/aromatic N) is 1. The van der Waals surface area contributed by atoms with Crippen molar-refractivity contribution in [3.05, 3.63) is 71.4 Å². The van der Waals surface area contributed by atoms with Crippen LogP contribution in [0.25, 0.3) is 23.1 Å². The molecule has 0 saturated heterocycles. The molecule has 3 aromatic rings. The highest BCUT2D eigenvalue weighted by Gasteiger charge is 2.02. The van der Waals surface area contributed by atoms with Gasteiger partial charge in [0.25, 0.3) is 0 Å². The molecule has 0 unspecified atom stereocenters. The molecule has 2 N–H and O–H groups in total. The number of rotatable bonds is 3. The number of aromatic nitrogens is 1. The van der Waals surface area contributed by atoms with Crippen LogP contribution in [0, 0.1) is 0 Å². The van der Waals surface area contributed by atoms with Crippen LogP contribution in [0.3, 0.4) is 0 Å². The maximum atomic E-state index is 10.8. The predicted octanol–water partition coefficient (Wildman–Crippen LogP) is 3.81. The molecule has 0 atom stereocenters. The number of carboxylic acid groups (broad SMARTS) is 1. The van der Waals surface area contributed by atoms with Crippen molar-refractivity contribution in [2.75, 3.05) is 0 Å². The lowest BCUT2D eigenvalue weighted by atomic mass is 10.1. The predicted molar refractivity (Wildman–Crippen MR) is 85.7 cm³/mol. The van der Waals surface area contributed by atoms with E-state index in [9.17, 15) is 9.90 Å². The van der Waals surface area contributed by atoms with Gasteiger partial charge in [0.1, 0.15) is 11.3 Å². The van der Waals surface area contributed by atoms with Crippen LogP contribution < -0.4 is 0 Å². The molecule has 108 valence electrons. The number of aromatic carboxylic acids is 1. The summed E-state index contributed by atoms with van der Waals surface area (Å²) in [5.74, 6) is -0.791. The normalized spacial score (nSPS) is 11.1. The fourth-order valence-electron chi connectivity index (χ4n) is 2.16. The van der Waals surface area contributed by atoms with E-state index in [1.54, 1.807) is 36.4 Å². The van der Waals surface area contributed by atoms with Gasteiger partial charge in [-0.3, -0.25) is 0 Å². The van der Waals surface area contributed by atoms with Crippen molar-refractivity contribution in [3.63, 3.8) is 0 Å². The number of benzene rings is 2. The lowest BCUT2D eigenvalue weighted by molar-refractivity contribution is 0.0697. The number of carboxylic acids is 1. The summed E-state index contributed by atoms with van der Waals surface area (Å²) in [4.78, 5) is 15.2. The van der Waals surface area contributed by atoms with E-state index in [-0.39, 0.29) is 11.3 Å². The van der Waals surface area contributed by atoms with E-state index < -0.39 is 5.97 Å². The first-order valence-corrected chi connectivity index (χ1v) is 6.74. The van der Waals surface area contributed by atoms with Crippen molar-refractivity contribution in [2.45, 2.75) is 0 Å². The summed E-state index contributed by atoms with van der Waals surface area (Å²) in [6.07, 6.45) is 3.67. The monoisotopic (exact) mass is 291 g/mol. The number of pyridine rings is 1. The fourth-order valence-corrected chi connectivity index (χ4v) is 2.16. The van der Waals surface area contributed by atoms with Crippen LogP contribution in [-0.2, 0) is 0 Å². The number of phenols is 1. The van der Waals surface area contributed by atoms with E-state index in [1.807, 2.05) is 30.4 Å². The summed E-state index contributed by atoms with van der Waals surface area (Å²) in [6, 6.07) is 15.6. The van der Waals surface area contributed by atoms with E-state index in [0.29, 0.717) is 5.52 Å². The Bertz CT molecular complexity index is 867. The second-order valence-electron chi connectivity index (χ2n) is 4.85. The van der Waals surface area contributed by atoms with Crippen LogP contribution in [0.4, 0.5) is 0 Å². The van der Waals surface area contributed by atoms with E-state index in [0.717, 1.165) is 16.6 Å². The molecular weight excluding hydrogens is 278 g/mol. The second-order valence-corrected chi connectivity index (χ2v) is 4.85. The van der Waals surface area contributed by atoms with Crippen LogP contribution in [-0.4, -0.2) is 21.2 Å². The molecule has 1 heterocycles. The molecule has 1 aromatic heterocycles. The highest BCUT2D eigenvalue weighted by Crippen LogP contribution is 2.22. The number of carbonyl (C=O) groups is 1. The van der Waals surface area contributed by atoms with Crippen molar-refractivity contribution in [3.8, 4) is 5.75 Å². The Morgan fingerprint density at radius 3 is 2.45 bits per heavy atom. The van der Waals surface area contributed by atoms with Gasteiger partial charge in [-0.05, 0) is 35.9 Å². The zero-order chi connectivity index (χ0) is 15.5. The average Bonchev–Trinajstić information content (AvgIpc) is 2.54.